The number of likely N-dealkylation sites (N-methyl/N-ethyl adjacent to an activating group) is 1. The van der Waals surface area contributed by atoms with Crippen LogP contribution in [0.25, 0.3) is 11.1 Å². The van der Waals surface area contributed by atoms with E-state index in [-0.39, 0.29) is 48.8 Å². The molecular weight excluding hydrogens is 446 g/mol. The second-order valence-corrected chi connectivity index (χ2v) is 10.2. The summed E-state index contributed by atoms with van der Waals surface area (Å²) in [6.07, 6.45) is 2.84. The highest BCUT2D eigenvalue weighted by Gasteiger charge is 2.38. The molecule has 0 bridgehead atoms. The Bertz CT molecular complexity index is 1060. The van der Waals surface area contributed by atoms with Crippen molar-refractivity contribution in [3.63, 3.8) is 0 Å². The van der Waals surface area contributed by atoms with Crippen molar-refractivity contribution in [2.45, 2.75) is 30.9 Å². The molecular formula is C23H31N3O6S. The molecule has 33 heavy (non-hydrogen) atoms. The minimum absolute atomic E-state index is 0.0309. The fourth-order valence-corrected chi connectivity index (χ4v) is 5.60. The fraction of sp³-hybridized carbons (Fsp3) is 0.478. The lowest BCUT2D eigenvalue weighted by Gasteiger charge is -2.37. The summed E-state index contributed by atoms with van der Waals surface area (Å²) >= 11 is 0. The molecule has 2 heterocycles. The zero-order chi connectivity index (χ0) is 24.2. The molecule has 0 spiro atoms. The fourth-order valence-electron chi connectivity index (χ4n) is 3.77. The van der Waals surface area contributed by atoms with Gasteiger partial charge < -0.3 is 19.5 Å². The molecule has 2 aromatic rings. The maximum absolute atomic E-state index is 13.5. The lowest BCUT2D eigenvalue weighted by molar-refractivity contribution is -0.135. The van der Waals surface area contributed by atoms with Crippen LogP contribution < -0.4 is 4.74 Å². The molecule has 0 saturated carbocycles. The number of hydrogen-bond acceptors (Lipinski definition) is 7. The number of aliphatic hydroxyl groups excluding tert-OH is 1. The molecule has 1 aliphatic heterocycles. The lowest BCUT2D eigenvalue weighted by Crippen LogP contribution is -2.50. The molecule has 0 fully saturated rings. The molecule has 1 aromatic heterocycles. The van der Waals surface area contributed by atoms with E-state index < -0.39 is 22.2 Å². The number of sulfonamides is 1. The monoisotopic (exact) mass is 477 g/mol. The Morgan fingerprint density at radius 3 is 2.64 bits per heavy atom. The molecule has 0 saturated heterocycles. The standard InChI is InChI=1S/C23H31N3O6S/c1-16-12-26(17(2)14-27)33(29,30)22-6-5-19(18-7-9-24-10-8-18)11-20(22)32-21(16)13-25(3)23(28)15-31-4/h5-11,16-17,21,27H,12-15H2,1-4H3/t16-,17+,21-/m0/s1. The number of fused-ring (bicyclic) bond motifs is 1. The highest BCUT2D eigenvalue weighted by atomic mass is 32.2. The number of aliphatic hydroxyl groups is 1. The predicted molar refractivity (Wildman–Crippen MR) is 123 cm³/mol. The third-order valence-corrected chi connectivity index (χ3v) is 7.85. The van der Waals surface area contributed by atoms with Crippen LogP contribution in [-0.4, -0.2) is 86.2 Å². The molecule has 0 radical (unpaired) electrons. The van der Waals surface area contributed by atoms with E-state index in [0.29, 0.717) is 0 Å². The second kappa shape index (κ2) is 10.6. The molecule has 10 heteroatoms. The number of rotatable bonds is 7. The summed E-state index contributed by atoms with van der Waals surface area (Å²) in [5.74, 6) is -0.248. The largest absolute Gasteiger partial charge is 0.487 e. The zero-order valence-corrected chi connectivity index (χ0v) is 20.2. The Balaban J connectivity index is 2.08. The smallest absolute Gasteiger partial charge is 0.248 e. The number of carbonyl (C=O) groups is 1. The van der Waals surface area contributed by atoms with Gasteiger partial charge in [0, 0.05) is 45.1 Å². The Labute approximate surface area is 195 Å². The van der Waals surface area contributed by atoms with E-state index in [9.17, 15) is 18.3 Å². The van der Waals surface area contributed by atoms with Gasteiger partial charge in [0.25, 0.3) is 0 Å². The van der Waals surface area contributed by atoms with Gasteiger partial charge in [-0.15, -0.1) is 0 Å². The third kappa shape index (κ3) is 5.52. The highest BCUT2D eigenvalue weighted by molar-refractivity contribution is 7.89. The summed E-state index contributed by atoms with van der Waals surface area (Å²) in [7, 11) is -0.810. The van der Waals surface area contributed by atoms with Crippen LogP contribution in [0.2, 0.25) is 0 Å². The summed E-state index contributed by atoms with van der Waals surface area (Å²) in [6.45, 7) is 3.58. The average molecular weight is 478 g/mol. The minimum atomic E-state index is -3.93. The van der Waals surface area contributed by atoms with Crippen LogP contribution in [0.3, 0.4) is 0 Å². The Hall–Kier alpha value is -2.53. The number of benzene rings is 1. The van der Waals surface area contributed by atoms with Gasteiger partial charge in [-0.3, -0.25) is 9.78 Å². The van der Waals surface area contributed by atoms with Gasteiger partial charge in [0.15, 0.2) is 0 Å². The molecule has 3 atom stereocenters. The first-order valence-corrected chi connectivity index (χ1v) is 12.2. The van der Waals surface area contributed by atoms with E-state index in [0.717, 1.165) is 11.1 Å². The molecule has 1 N–H and O–H groups in total. The minimum Gasteiger partial charge on any atom is -0.487 e. The molecule has 180 valence electrons. The van der Waals surface area contributed by atoms with Crippen LogP contribution in [0.5, 0.6) is 5.75 Å². The summed E-state index contributed by atoms with van der Waals surface area (Å²) in [5.41, 5.74) is 1.65. The molecule has 3 rings (SSSR count). The molecule has 0 aliphatic carbocycles. The van der Waals surface area contributed by atoms with Crippen molar-refractivity contribution in [3.05, 3.63) is 42.7 Å². The molecule has 1 aromatic carbocycles. The SMILES string of the molecule is COCC(=O)N(C)C[C@@H]1Oc2cc(-c3ccncc3)ccc2S(=O)(=O)N([C@H](C)CO)C[C@@H]1C. The highest BCUT2D eigenvalue weighted by Crippen LogP contribution is 2.36. The summed E-state index contributed by atoms with van der Waals surface area (Å²) in [4.78, 5) is 17.9. The van der Waals surface area contributed by atoms with Gasteiger partial charge in [0.1, 0.15) is 23.4 Å². The predicted octanol–water partition coefficient (Wildman–Crippen LogP) is 1.62. The van der Waals surface area contributed by atoms with Crippen LogP contribution in [-0.2, 0) is 19.6 Å². The quantitative estimate of drug-likeness (QED) is 0.645. The van der Waals surface area contributed by atoms with Gasteiger partial charge >= 0.3 is 0 Å². The molecule has 0 unspecified atom stereocenters. The van der Waals surface area contributed by atoms with Crippen molar-refractivity contribution in [3.8, 4) is 16.9 Å². The van der Waals surface area contributed by atoms with Gasteiger partial charge in [0.2, 0.25) is 15.9 Å². The number of aromatic nitrogens is 1. The van der Waals surface area contributed by atoms with Gasteiger partial charge in [0.05, 0.1) is 13.2 Å². The summed E-state index contributed by atoms with van der Waals surface area (Å²) < 4.78 is 39.6. The number of nitrogens with zero attached hydrogens (tertiary/aromatic N) is 3. The van der Waals surface area contributed by atoms with Crippen LogP contribution >= 0.6 is 0 Å². The zero-order valence-electron chi connectivity index (χ0n) is 19.3. The van der Waals surface area contributed by atoms with E-state index in [4.69, 9.17) is 9.47 Å². The van der Waals surface area contributed by atoms with Crippen LogP contribution in [0.4, 0.5) is 0 Å². The molecule has 1 amide bonds. The van der Waals surface area contributed by atoms with Crippen molar-refractivity contribution in [1.82, 2.24) is 14.2 Å². The maximum Gasteiger partial charge on any atom is 0.248 e. The van der Waals surface area contributed by atoms with Gasteiger partial charge in [-0.2, -0.15) is 4.31 Å². The van der Waals surface area contributed by atoms with E-state index in [1.165, 1.54) is 22.4 Å². The maximum atomic E-state index is 13.5. The number of carbonyl (C=O) groups excluding carboxylic acids is 1. The van der Waals surface area contributed by atoms with Crippen molar-refractivity contribution >= 4 is 15.9 Å². The Morgan fingerprint density at radius 1 is 1.30 bits per heavy atom. The van der Waals surface area contributed by atoms with E-state index in [1.807, 2.05) is 19.1 Å². The topological polar surface area (TPSA) is 109 Å². The number of methoxy groups -OCH3 is 1. The summed E-state index contributed by atoms with van der Waals surface area (Å²) in [6, 6.07) is 8.01. The van der Waals surface area contributed by atoms with E-state index in [1.54, 1.807) is 38.5 Å². The average Bonchev–Trinajstić information content (AvgIpc) is 2.81. The second-order valence-electron chi connectivity index (χ2n) is 8.34. The Morgan fingerprint density at radius 2 is 2.00 bits per heavy atom. The first-order chi connectivity index (χ1) is 15.7. The number of amides is 1. The normalized spacial score (nSPS) is 21.2. The molecule has 1 aliphatic rings. The Kier molecular flexibility index (Phi) is 8.06. The third-order valence-electron chi connectivity index (χ3n) is 5.83. The van der Waals surface area contributed by atoms with Gasteiger partial charge in [-0.1, -0.05) is 13.0 Å². The van der Waals surface area contributed by atoms with Gasteiger partial charge in [-0.25, -0.2) is 8.42 Å². The van der Waals surface area contributed by atoms with Crippen LogP contribution in [0, 0.1) is 5.92 Å². The van der Waals surface area contributed by atoms with Crippen LogP contribution in [0.1, 0.15) is 13.8 Å². The van der Waals surface area contributed by atoms with E-state index in [2.05, 4.69) is 4.98 Å². The van der Waals surface area contributed by atoms with Crippen LogP contribution in [0.15, 0.2) is 47.6 Å². The first-order valence-electron chi connectivity index (χ1n) is 10.8. The van der Waals surface area contributed by atoms with Crippen molar-refractivity contribution in [1.29, 1.82) is 0 Å². The van der Waals surface area contributed by atoms with Gasteiger partial charge in [-0.05, 0) is 42.3 Å². The number of pyridine rings is 1. The van der Waals surface area contributed by atoms with Crippen molar-refractivity contribution in [2.24, 2.45) is 5.92 Å². The first kappa shape index (κ1) is 25.1. The number of ether oxygens (including phenoxy) is 2. The number of hydrogen-bond donors (Lipinski definition) is 1. The van der Waals surface area contributed by atoms with Crippen molar-refractivity contribution < 1.29 is 27.8 Å². The summed E-state index contributed by atoms with van der Waals surface area (Å²) in [5, 5.41) is 9.74. The van der Waals surface area contributed by atoms with E-state index >= 15 is 0 Å². The molecule has 9 nitrogen and oxygen atoms in total. The lowest BCUT2D eigenvalue weighted by atomic mass is 10.0. The van der Waals surface area contributed by atoms with Crippen molar-refractivity contribution in [2.75, 3.05) is 40.5 Å².